The number of aliphatic carboxylic acids is 1. The lowest BCUT2D eigenvalue weighted by atomic mass is 10.4. The zero-order chi connectivity index (χ0) is 13.7. The third-order valence-corrected chi connectivity index (χ3v) is 2.74. The molecule has 7 heteroatoms. The first kappa shape index (κ1) is 14.3. The molecule has 0 aromatic heterocycles. The van der Waals surface area contributed by atoms with E-state index in [9.17, 15) is 14.4 Å². The van der Waals surface area contributed by atoms with Crippen LogP contribution < -0.4 is 0 Å². The number of rotatable bonds is 6. The summed E-state index contributed by atoms with van der Waals surface area (Å²) in [6.45, 7) is -0.0829. The van der Waals surface area contributed by atoms with Crippen LogP contribution >= 0.6 is 0 Å². The predicted molar refractivity (Wildman–Crippen MR) is 62.0 cm³/mol. The summed E-state index contributed by atoms with van der Waals surface area (Å²) in [4.78, 5) is 36.3. The van der Waals surface area contributed by atoms with Crippen LogP contribution in [0.15, 0.2) is 0 Å². The maximum absolute atomic E-state index is 12.0. The van der Waals surface area contributed by atoms with Crippen LogP contribution in [0.5, 0.6) is 0 Å². The standard InChI is InChI=1S/C11H18N2O5/c1-12(6-5-10(16)18-2)11(17)13(7-9(14)15)8-3-4-8/h8H,3-7H2,1-2H3,(H,14,15). The average molecular weight is 258 g/mol. The van der Waals surface area contributed by atoms with Crippen LogP contribution in [0.2, 0.25) is 0 Å². The number of carbonyl (C=O) groups is 3. The molecule has 1 N–H and O–H groups in total. The number of hydrogen-bond donors (Lipinski definition) is 1. The van der Waals surface area contributed by atoms with Crippen molar-refractivity contribution in [3.63, 3.8) is 0 Å². The molecule has 0 aromatic rings. The van der Waals surface area contributed by atoms with Crippen molar-refractivity contribution < 1.29 is 24.2 Å². The average Bonchev–Trinajstić information content (AvgIpc) is 3.15. The zero-order valence-electron chi connectivity index (χ0n) is 10.6. The molecule has 0 heterocycles. The summed E-state index contributed by atoms with van der Waals surface area (Å²) in [5.41, 5.74) is 0. The van der Waals surface area contributed by atoms with Crippen molar-refractivity contribution in [1.29, 1.82) is 0 Å². The normalized spacial score (nSPS) is 13.9. The van der Waals surface area contributed by atoms with Crippen LogP contribution in [0.3, 0.4) is 0 Å². The third kappa shape index (κ3) is 4.23. The lowest BCUT2D eigenvalue weighted by Crippen LogP contribution is -2.45. The first-order valence-electron chi connectivity index (χ1n) is 5.76. The number of hydrogen-bond acceptors (Lipinski definition) is 4. The van der Waals surface area contributed by atoms with Gasteiger partial charge in [-0.1, -0.05) is 0 Å². The van der Waals surface area contributed by atoms with Gasteiger partial charge in [-0.05, 0) is 12.8 Å². The highest BCUT2D eigenvalue weighted by Crippen LogP contribution is 2.27. The van der Waals surface area contributed by atoms with E-state index in [1.807, 2.05) is 0 Å². The smallest absolute Gasteiger partial charge is 0.323 e. The van der Waals surface area contributed by atoms with Gasteiger partial charge in [0, 0.05) is 19.6 Å². The first-order valence-corrected chi connectivity index (χ1v) is 5.76. The van der Waals surface area contributed by atoms with Gasteiger partial charge in [0.2, 0.25) is 0 Å². The summed E-state index contributed by atoms with van der Waals surface area (Å²) < 4.78 is 4.48. The second-order valence-electron chi connectivity index (χ2n) is 4.28. The number of urea groups is 1. The third-order valence-electron chi connectivity index (χ3n) is 2.74. The van der Waals surface area contributed by atoms with E-state index < -0.39 is 11.9 Å². The molecule has 1 aliphatic rings. The van der Waals surface area contributed by atoms with Gasteiger partial charge in [0.15, 0.2) is 0 Å². The minimum Gasteiger partial charge on any atom is -0.480 e. The minimum atomic E-state index is -1.03. The van der Waals surface area contributed by atoms with Crippen LogP contribution in [0.25, 0.3) is 0 Å². The minimum absolute atomic E-state index is 0.0224. The number of amides is 2. The molecule has 0 saturated heterocycles. The molecule has 0 spiro atoms. The van der Waals surface area contributed by atoms with Gasteiger partial charge < -0.3 is 19.6 Å². The van der Waals surface area contributed by atoms with Gasteiger partial charge in [-0.25, -0.2) is 4.79 Å². The van der Waals surface area contributed by atoms with E-state index in [1.165, 1.54) is 16.9 Å². The molecule has 0 atom stereocenters. The second-order valence-corrected chi connectivity index (χ2v) is 4.28. The lowest BCUT2D eigenvalue weighted by molar-refractivity contribution is -0.141. The van der Waals surface area contributed by atoms with Gasteiger partial charge in [0.1, 0.15) is 6.54 Å². The Hall–Kier alpha value is -1.79. The van der Waals surface area contributed by atoms with Crippen LogP contribution in [-0.4, -0.2) is 66.2 Å². The number of methoxy groups -OCH3 is 1. The van der Waals surface area contributed by atoms with Gasteiger partial charge in [-0.3, -0.25) is 9.59 Å². The molecule has 0 unspecified atom stereocenters. The number of esters is 1. The Morgan fingerprint density at radius 3 is 2.39 bits per heavy atom. The zero-order valence-corrected chi connectivity index (χ0v) is 10.6. The molecule has 0 aromatic carbocycles. The molecule has 0 bridgehead atoms. The van der Waals surface area contributed by atoms with Gasteiger partial charge in [0.05, 0.1) is 13.5 Å². The van der Waals surface area contributed by atoms with E-state index in [1.54, 1.807) is 7.05 Å². The number of ether oxygens (including phenoxy) is 1. The van der Waals surface area contributed by atoms with Crippen LogP contribution in [0.1, 0.15) is 19.3 Å². The monoisotopic (exact) mass is 258 g/mol. The molecular formula is C11H18N2O5. The highest BCUT2D eigenvalue weighted by molar-refractivity contribution is 5.81. The van der Waals surface area contributed by atoms with Crippen molar-refractivity contribution in [2.45, 2.75) is 25.3 Å². The van der Waals surface area contributed by atoms with Crippen molar-refractivity contribution >= 4 is 18.0 Å². The Kier molecular flexibility index (Phi) is 4.94. The van der Waals surface area contributed by atoms with Crippen molar-refractivity contribution in [3.05, 3.63) is 0 Å². The Morgan fingerprint density at radius 2 is 1.94 bits per heavy atom. The molecule has 2 amide bonds. The summed E-state index contributed by atoms with van der Waals surface area (Å²) >= 11 is 0. The van der Waals surface area contributed by atoms with E-state index in [2.05, 4.69) is 4.74 Å². The molecule has 18 heavy (non-hydrogen) atoms. The quantitative estimate of drug-likeness (QED) is 0.685. The predicted octanol–water partition coefficient (Wildman–Crippen LogP) is 0.150. The Labute approximate surface area is 105 Å². The van der Waals surface area contributed by atoms with E-state index in [-0.39, 0.29) is 31.6 Å². The highest BCUT2D eigenvalue weighted by Gasteiger charge is 2.35. The summed E-state index contributed by atoms with van der Waals surface area (Å²) in [5, 5.41) is 8.76. The van der Waals surface area contributed by atoms with E-state index in [4.69, 9.17) is 5.11 Å². The van der Waals surface area contributed by atoms with E-state index >= 15 is 0 Å². The first-order chi connectivity index (χ1) is 8.45. The molecule has 0 aliphatic heterocycles. The Balaban J connectivity index is 2.48. The largest absolute Gasteiger partial charge is 0.480 e. The fourth-order valence-electron chi connectivity index (χ4n) is 1.56. The molecule has 7 nitrogen and oxygen atoms in total. The number of carbonyl (C=O) groups excluding carboxylic acids is 2. The van der Waals surface area contributed by atoms with Crippen LogP contribution in [0, 0.1) is 0 Å². The molecule has 1 rings (SSSR count). The van der Waals surface area contributed by atoms with Crippen LogP contribution in [0.4, 0.5) is 4.79 Å². The molecule has 102 valence electrons. The summed E-state index contributed by atoms with van der Waals surface area (Å²) in [6, 6.07) is -0.335. The molecule has 1 aliphatic carbocycles. The van der Waals surface area contributed by atoms with Crippen molar-refractivity contribution in [2.24, 2.45) is 0 Å². The second kappa shape index (κ2) is 6.23. The molecule has 0 radical (unpaired) electrons. The van der Waals surface area contributed by atoms with Gasteiger partial charge in [-0.2, -0.15) is 0 Å². The molecule has 1 saturated carbocycles. The number of nitrogens with zero attached hydrogens (tertiary/aromatic N) is 2. The highest BCUT2D eigenvalue weighted by atomic mass is 16.5. The SMILES string of the molecule is COC(=O)CCN(C)C(=O)N(CC(=O)O)C1CC1. The molecule has 1 fully saturated rings. The van der Waals surface area contributed by atoms with Gasteiger partial charge in [-0.15, -0.1) is 0 Å². The van der Waals surface area contributed by atoms with Crippen molar-refractivity contribution in [1.82, 2.24) is 9.80 Å². The number of carboxylic acids is 1. The number of carboxylic acid groups (broad SMARTS) is 1. The van der Waals surface area contributed by atoms with E-state index in [0.29, 0.717) is 0 Å². The Bertz CT molecular complexity index is 340. The van der Waals surface area contributed by atoms with Gasteiger partial charge >= 0.3 is 18.0 Å². The van der Waals surface area contributed by atoms with Gasteiger partial charge in [0.25, 0.3) is 0 Å². The summed E-state index contributed by atoms with van der Waals surface area (Å²) in [6.07, 6.45) is 1.78. The maximum atomic E-state index is 12.0. The lowest BCUT2D eigenvalue weighted by Gasteiger charge is -2.26. The summed E-state index contributed by atoms with van der Waals surface area (Å²) in [5.74, 6) is -1.43. The maximum Gasteiger partial charge on any atom is 0.323 e. The topological polar surface area (TPSA) is 87.2 Å². The Morgan fingerprint density at radius 1 is 1.33 bits per heavy atom. The van der Waals surface area contributed by atoms with E-state index in [0.717, 1.165) is 12.8 Å². The van der Waals surface area contributed by atoms with Crippen LogP contribution in [-0.2, 0) is 14.3 Å². The van der Waals surface area contributed by atoms with Crippen molar-refractivity contribution in [2.75, 3.05) is 27.2 Å². The van der Waals surface area contributed by atoms with Crippen molar-refractivity contribution in [3.8, 4) is 0 Å². The fraction of sp³-hybridized carbons (Fsp3) is 0.727. The summed E-state index contributed by atoms with van der Waals surface area (Å²) in [7, 11) is 2.83. The fourth-order valence-corrected chi connectivity index (χ4v) is 1.56. The molecular weight excluding hydrogens is 240 g/mol.